The predicted molar refractivity (Wildman–Crippen MR) is 123 cm³/mol. The Bertz CT molecular complexity index is 1030. The summed E-state index contributed by atoms with van der Waals surface area (Å²) < 4.78 is 54.9. The van der Waals surface area contributed by atoms with Crippen LogP contribution >= 0.6 is 0 Å². The molecule has 2 aromatic carbocycles. The van der Waals surface area contributed by atoms with Crippen molar-refractivity contribution in [2.45, 2.75) is 24.7 Å². The van der Waals surface area contributed by atoms with Gasteiger partial charge in [0.15, 0.2) is 0 Å². The molecule has 1 aliphatic heterocycles. The molecule has 0 aromatic heterocycles. The minimum absolute atomic E-state index is 0.0583. The molecule has 7 nitrogen and oxygen atoms in total. The van der Waals surface area contributed by atoms with E-state index >= 15 is 0 Å². The zero-order valence-corrected chi connectivity index (χ0v) is 19.5. The number of nitrogens with zero attached hydrogens (tertiary/aromatic N) is 2. The van der Waals surface area contributed by atoms with Crippen LogP contribution in [0, 0.1) is 6.92 Å². The van der Waals surface area contributed by atoms with E-state index in [1.807, 2.05) is 37.3 Å². The van der Waals surface area contributed by atoms with Crippen LogP contribution in [0.2, 0.25) is 0 Å². The molecule has 0 spiro atoms. The van der Waals surface area contributed by atoms with Crippen LogP contribution < -0.4 is 5.32 Å². The minimum atomic E-state index is -3.79. The molecule has 31 heavy (non-hydrogen) atoms. The molecule has 1 aliphatic rings. The third-order valence-corrected chi connectivity index (χ3v) is 9.21. The van der Waals surface area contributed by atoms with E-state index in [2.05, 4.69) is 5.32 Å². The lowest BCUT2D eigenvalue weighted by molar-refractivity contribution is 0.355. The Morgan fingerprint density at radius 1 is 0.903 bits per heavy atom. The van der Waals surface area contributed by atoms with Gasteiger partial charge in [-0.2, -0.15) is 8.61 Å². The second-order valence-corrected chi connectivity index (χ2v) is 11.8. The topological polar surface area (TPSA) is 86.8 Å². The molecule has 1 saturated heterocycles. The quantitative estimate of drug-likeness (QED) is 0.579. The number of benzene rings is 2. The Hall–Kier alpha value is -1.78. The van der Waals surface area contributed by atoms with Crippen LogP contribution in [0.1, 0.15) is 17.5 Å². The van der Waals surface area contributed by atoms with E-state index in [9.17, 15) is 16.8 Å². The summed E-state index contributed by atoms with van der Waals surface area (Å²) in [5.74, 6) is -0.219. The maximum atomic E-state index is 13.3. The average molecular weight is 466 g/mol. The molecule has 3 rings (SSSR count). The smallest absolute Gasteiger partial charge is 0.243 e. The van der Waals surface area contributed by atoms with Gasteiger partial charge < -0.3 is 5.32 Å². The molecule has 1 heterocycles. The number of sulfonamides is 2. The van der Waals surface area contributed by atoms with E-state index in [-0.39, 0.29) is 23.7 Å². The van der Waals surface area contributed by atoms with Gasteiger partial charge in [0, 0.05) is 39.3 Å². The number of aryl methyl sites for hydroxylation is 2. The fourth-order valence-corrected chi connectivity index (χ4v) is 6.63. The van der Waals surface area contributed by atoms with E-state index < -0.39 is 20.0 Å². The Kier molecular flexibility index (Phi) is 8.23. The number of hydrogen-bond acceptors (Lipinski definition) is 5. The second kappa shape index (κ2) is 10.7. The number of rotatable bonds is 10. The summed E-state index contributed by atoms with van der Waals surface area (Å²) in [4.78, 5) is 0.192. The van der Waals surface area contributed by atoms with Gasteiger partial charge in [-0.1, -0.05) is 48.0 Å². The van der Waals surface area contributed by atoms with Gasteiger partial charge in [-0.25, -0.2) is 16.8 Å². The molecule has 9 heteroatoms. The van der Waals surface area contributed by atoms with Crippen LogP contribution in [0.5, 0.6) is 0 Å². The lowest BCUT2D eigenvalue weighted by atomic mass is 10.1. The lowest BCUT2D eigenvalue weighted by Crippen LogP contribution is -2.48. The Morgan fingerprint density at radius 2 is 1.55 bits per heavy atom. The van der Waals surface area contributed by atoms with Crippen LogP contribution in [0.4, 0.5) is 0 Å². The Balaban J connectivity index is 1.73. The molecular weight excluding hydrogens is 434 g/mol. The van der Waals surface area contributed by atoms with Gasteiger partial charge in [0.05, 0.1) is 10.6 Å². The third kappa shape index (κ3) is 6.60. The largest absolute Gasteiger partial charge is 0.314 e. The van der Waals surface area contributed by atoms with Crippen LogP contribution in [0.3, 0.4) is 0 Å². The monoisotopic (exact) mass is 465 g/mol. The van der Waals surface area contributed by atoms with Crippen molar-refractivity contribution in [1.29, 1.82) is 0 Å². The van der Waals surface area contributed by atoms with Crippen molar-refractivity contribution in [1.82, 2.24) is 13.9 Å². The molecule has 0 atom stereocenters. The van der Waals surface area contributed by atoms with Gasteiger partial charge in [0.1, 0.15) is 0 Å². The first kappa shape index (κ1) is 23.9. The summed E-state index contributed by atoms with van der Waals surface area (Å²) in [5, 5.41) is 3.13. The summed E-state index contributed by atoms with van der Waals surface area (Å²) in [7, 11) is -7.30. The highest BCUT2D eigenvalue weighted by Gasteiger charge is 2.29. The lowest BCUT2D eigenvalue weighted by Gasteiger charge is -2.28. The molecule has 0 amide bonds. The zero-order valence-electron chi connectivity index (χ0n) is 17.9. The van der Waals surface area contributed by atoms with E-state index in [0.717, 1.165) is 17.5 Å². The fourth-order valence-electron chi connectivity index (χ4n) is 3.58. The first-order valence-electron chi connectivity index (χ1n) is 10.6. The number of hydrogen-bond donors (Lipinski definition) is 1. The van der Waals surface area contributed by atoms with Crippen molar-refractivity contribution < 1.29 is 16.8 Å². The maximum Gasteiger partial charge on any atom is 0.243 e. The summed E-state index contributed by atoms with van der Waals surface area (Å²) in [5.41, 5.74) is 2.10. The van der Waals surface area contributed by atoms with Gasteiger partial charge in [0.25, 0.3) is 0 Å². The molecule has 2 aromatic rings. The van der Waals surface area contributed by atoms with E-state index in [1.165, 1.54) is 8.61 Å². The Labute approximate surface area is 186 Å². The SMILES string of the molecule is Cc1ccc(S(=O)(=O)N(CCCc2ccccc2)CCS(=O)(=O)N2CCNCC2)cc1. The number of piperazine rings is 1. The van der Waals surface area contributed by atoms with Gasteiger partial charge in [0.2, 0.25) is 20.0 Å². The average Bonchev–Trinajstić information content (AvgIpc) is 2.77. The van der Waals surface area contributed by atoms with E-state index in [1.54, 1.807) is 24.3 Å². The molecule has 170 valence electrons. The second-order valence-electron chi connectivity index (χ2n) is 7.77. The van der Waals surface area contributed by atoms with Gasteiger partial charge in [-0.15, -0.1) is 0 Å². The first-order chi connectivity index (χ1) is 14.8. The van der Waals surface area contributed by atoms with E-state index in [4.69, 9.17) is 0 Å². The van der Waals surface area contributed by atoms with Crippen LogP contribution in [-0.2, 0) is 26.5 Å². The minimum Gasteiger partial charge on any atom is -0.314 e. The molecule has 1 N–H and O–H groups in total. The molecule has 0 aliphatic carbocycles. The van der Waals surface area contributed by atoms with Crippen molar-refractivity contribution in [2.75, 3.05) is 45.0 Å². The molecule has 0 radical (unpaired) electrons. The normalized spacial score (nSPS) is 15.9. The van der Waals surface area contributed by atoms with Crippen LogP contribution in [-0.4, -0.2) is 70.5 Å². The molecule has 0 unspecified atom stereocenters. The van der Waals surface area contributed by atoms with Gasteiger partial charge in [-0.3, -0.25) is 0 Å². The van der Waals surface area contributed by atoms with Gasteiger partial charge in [-0.05, 0) is 37.5 Å². The van der Waals surface area contributed by atoms with Crippen molar-refractivity contribution in [3.8, 4) is 0 Å². The van der Waals surface area contributed by atoms with Crippen LogP contribution in [0.25, 0.3) is 0 Å². The third-order valence-electron chi connectivity index (χ3n) is 5.44. The van der Waals surface area contributed by atoms with Crippen molar-refractivity contribution >= 4 is 20.0 Å². The maximum absolute atomic E-state index is 13.3. The first-order valence-corrected chi connectivity index (χ1v) is 13.6. The fraction of sp³-hybridized carbons (Fsp3) is 0.455. The molecule has 0 bridgehead atoms. The highest BCUT2D eigenvalue weighted by Crippen LogP contribution is 2.18. The number of nitrogens with one attached hydrogen (secondary N) is 1. The zero-order chi connectivity index (χ0) is 22.3. The van der Waals surface area contributed by atoms with Gasteiger partial charge >= 0.3 is 0 Å². The standard InChI is InChI=1S/C22H31N3O4S2/c1-20-9-11-22(12-10-20)31(28,29)25(15-5-8-21-6-3-2-4-7-21)18-19-30(26,27)24-16-13-23-14-17-24/h2-4,6-7,9-12,23H,5,8,13-19H2,1H3. The predicted octanol–water partition coefficient (Wildman–Crippen LogP) is 1.85. The molecule has 0 saturated carbocycles. The summed E-state index contributed by atoms with van der Waals surface area (Å²) in [6.07, 6.45) is 1.34. The van der Waals surface area contributed by atoms with Crippen molar-refractivity contribution in [2.24, 2.45) is 0 Å². The van der Waals surface area contributed by atoms with Crippen molar-refractivity contribution in [3.05, 3.63) is 65.7 Å². The highest BCUT2D eigenvalue weighted by molar-refractivity contribution is 7.90. The van der Waals surface area contributed by atoms with Crippen molar-refractivity contribution in [3.63, 3.8) is 0 Å². The highest BCUT2D eigenvalue weighted by atomic mass is 32.2. The molecule has 1 fully saturated rings. The summed E-state index contributed by atoms with van der Waals surface area (Å²) in [6, 6.07) is 16.5. The van der Waals surface area contributed by atoms with E-state index in [0.29, 0.717) is 32.6 Å². The van der Waals surface area contributed by atoms with Crippen LogP contribution in [0.15, 0.2) is 59.5 Å². The summed E-state index contributed by atoms with van der Waals surface area (Å²) in [6.45, 7) is 4.17. The summed E-state index contributed by atoms with van der Waals surface area (Å²) >= 11 is 0. The molecular formula is C22H31N3O4S2. The Morgan fingerprint density at radius 3 is 2.19 bits per heavy atom.